The minimum atomic E-state index is -0.409. The zero-order valence-electron chi connectivity index (χ0n) is 18.0. The molecule has 1 N–H and O–H groups in total. The van der Waals surface area contributed by atoms with Crippen molar-refractivity contribution in [3.63, 3.8) is 0 Å². The third kappa shape index (κ3) is 4.32. The number of amides is 1. The van der Waals surface area contributed by atoms with Crippen molar-refractivity contribution in [1.29, 1.82) is 0 Å². The lowest BCUT2D eigenvalue weighted by Gasteiger charge is -2.33. The van der Waals surface area contributed by atoms with Gasteiger partial charge in [-0.2, -0.15) is 0 Å². The summed E-state index contributed by atoms with van der Waals surface area (Å²) in [5, 5.41) is 12.1. The van der Waals surface area contributed by atoms with E-state index in [1.54, 1.807) is 29.5 Å². The molecule has 4 rings (SSSR count). The maximum Gasteiger partial charge on any atom is 0.279 e. The summed E-state index contributed by atoms with van der Waals surface area (Å²) in [5.41, 5.74) is 1.46. The first-order chi connectivity index (χ1) is 14.7. The van der Waals surface area contributed by atoms with Crippen LogP contribution in [0.15, 0.2) is 23.0 Å². The summed E-state index contributed by atoms with van der Waals surface area (Å²) in [4.78, 5) is 27.6. The molecule has 1 aliphatic carbocycles. The number of carbonyl (C=O) groups is 1. The summed E-state index contributed by atoms with van der Waals surface area (Å²) in [5.74, 6) is 0.641. The molecule has 0 saturated carbocycles. The van der Waals surface area contributed by atoms with Gasteiger partial charge in [-0.25, -0.2) is 4.68 Å². The highest BCUT2D eigenvalue weighted by Crippen LogP contribution is 2.41. The van der Waals surface area contributed by atoms with Crippen molar-refractivity contribution in [3.8, 4) is 5.75 Å². The monoisotopic (exact) mass is 460 g/mol. The molecule has 164 valence electrons. The number of hydrogen-bond acceptors (Lipinski definition) is 6. The summed E-state index contributed by atoms with van der Waals surface area (Å²) in [6, 6.07) is 4.93. The van der Waals surface area contributed by atoms with Gasteiger partial charge in [0.15, 0.2) is 4.83 Å². The van der Waals surface area contributed by atoms with E-state index in [1.165, 1.54) is 12.0 Å². The molecule has 0 fully saturated rings. The molecule has 1 atom stereocenters. The van der Waals surface area contributed by atoms with Crippen LogP contribution in [0.4, 0.5) is 5.69 Å². The number of anilines is 1. The van der Waals surface area contributed by atoms with Crippen LogP contribution in [-0.4, -0.2) is 28.0 Å². The summed E-state index contributed by atoms with van der Waals surface area (Å²) >= 11 is 7.57. The lowest BCUT2D eigenvalue weighted by molar-refractivity contribution is -0.117. The standard InChI is InChI=1S/C22H25ClN4O3S/c1-22(2,3)12-5-7-14-17(9-12)31-20-19(14)21(29)27(26-25-20)11-18(28)24-15-10-13(23)6-8-16(15)30-4/h6,8,10,12H,5,7,9,11H2,1-4H3,(H,24,28)/t12-/m1/s1. The van der Waals surface area contributed by atoms with Crippen LogP contribution in [0.25, 0.3) is 10.2 Å². The number of nitrogens with zero attached hydrogens (tertiary/aromatic N) is 3. The van der Waals surface area contributed by atoms with E-state index in [1.807, 2.05) is 0 Å². The molecule has 1 aliphatic rings. The van der Waals surface area contributed by atoms with Crippen molar-refractivity contribution < 1.29 is 9.53 Å². The lowest BCUT2D eigenvalue weighted by atomic mass is 9.72. The summed E-state index contributed by atoms with van der Waals surface area (Å²) in [6.07, 6.45) is 2.84. The number of benzene rings is 1. The number of rotatable bonds is 4. The Labute approximate surface area is 189 Å². The number of halogens is 1. The normalized spacial score (nSPS) is 16.2. The molecule has 0 spiro atoms. The second-order valence-electron chi connectivity index (χ2n) is 8.93. The topological polar surface area (TPSA) is 86.1 Å². The van der Waals surface area contributed by atoms with Gasteiger partial charge in [-0.05, 0) is 54.4 Å². The van der Waals surface area contributed by atoms with Crippen molar-refractivity contribution in [2.24, 2.45) is 11.3 Å². The van der Waals surface area contributed by atoms with Crippen molar-refractivity contribution >= 4 is 44.7 Å². The maximum atomic E-state index is 13.1. The smallest absolute Gasteiger partial charge is 0.279 e. The Kier molecular flexibility index (Phi) is 5.79. The Morgan fingerprint density at radius 2 is 2.16 bits per heavy atom. The molecule has 0 aliphatic heterocycles. The van der Waals surface area contributed by atoms with Gasteiger partial charge in [0.05, 0.1) is 18.2 Å². The van der Waals surface area contributed by atoms with E-state index in [9.17, 15) is 9.59 Å². The molecule has 9 heteroatoms. The van der Waals surface area contributed by atoms with Crippen LogP contribution in [0.2, 0.25) is 5.02 Å². The Morgan fingerprint density at radius 1 is 1.39 bits per heavy atom. The third-order valence-electron chi connectivity index (χ3n) is 5.89. The van der Waals surface area contributed by atoms with Crippen LogP contribution >= 0.6 is 22.9 Å². The Hall–Kier alpha value is -2.45. The summed E-state index contributed by atoms with van der Waals surface area (Å²) in [6.45, 7) is 6.54. The zero-order valence-corrected chi connectivity index (χ0v) is 19.6. The van der Waals surface area contributed by atoms with E-state index in [0.29, 0.717) is 32.6 Å². The Bertz CT molecular complexity index is 1210. The van der Waals surface area contributed by atoms with Gasteiger partial charge >= 0.3 is 0 Å². The number of nitrogens with one attached hydrogen (secondary N) is 1. The maximum absolute atomic E-state index is 13.1. The van der Waals surface area contributed by atoms with Gasteiger partial charge in [-0.1, -0.05) is 37.6 Å². The number of ether oxygens (including phenoxy) is 1. The highest BCUT2D eigenvalue weighted by molar-refractivity contribution is 7.18. The average Bonchev–Trinajstić information content (AvgIpc) is 3.08. The minimum absolute atomic E-state index is 0.221. The largest absolute Gasteiger partial charge is 0.495 e. The van der Waals surface area contributed by atoms with E-state index in [2.05, 4.69) is 36.4 Å². The van der Waals surface area contributed by atoms with Crippen LogP contribution in [0.3, 0.4) is 0 Å². The molecule has 0 bridgehead atoms. The SMILES string of the molecule is COc1ccc(Cl)cc1NC(=O)Cn1nnc2sc3c(c2c1=O)CC[C@@H](C(C)(C)C)C3. The van der Waals surface area contributed by atoms with Crippen molar-refractivity contribution in [2.45, 2.75) is 46.6 Å². The molecule has 2 heterocycles. The predicted molar refractivity (Wildman–Crippen MR) is 123 cm³/mol. The fraction of sp³-hybridized carbons (Fsp3) is 0.455. The molecule has 0 saturated heterocycles. The molecule has 3 aromatic rings. The lowest BCUT2D eigenvalue weighted by Crippen LogP contribution is -2.31. The quantitative estimate of drug-likeness (QED) is 0.627. The molecular weight excluding hydrogens is 436 g/mol. The van der Waals surface area contributed by atoms with Gasteiger partial charge in [0.2, 0.25) is 5.91 Å². The van der Waals surface area contributed by atoms with E-state index in [4.69, 9.17) is 16.3 Å². The van der Waals surface area contributed by atoms with E-state index < -0.39 is 5.91 Å². The summed E-state index contributed by atoms with van der Waals surface area (Å²) in [7, 11) is 1.51. The number of aromatic nitrogens is 3. The van der Waals surface area contributed by atoms with Crippen molar-refractivity contribution in [3.05, 3.63) is 44.0 Å². The fourth-order valence-electron chi connectivity index (χ4n) is 4.07. The highest BCUT2D eigenvalue weighted by Gasteiger charge is 2.32. The van der Waals surface area contributed by atoms with Gasteiger partial charge in [0.1, 0.15) is 12.3 Å². The van der Waals surface area contributed by atoms with Crippen LogP contribution < -0.4 is 15.6 Å². The molecule has 2 aromatic heterocycles. The van der Waals surface area contributed by atoms with Crippen molar-refractivity contribution in [2.75, 3.05) is 12.4 Å². The molecule has 7 nitrogen and oxygen atoms in total. The first kappa shape index (κ1) is 21.8. The second-order valence-corrected chi connectivity index (χ2v) is 10.5. The third-order valence-corrected chi connectivity index (χ3v) is 7.27. The van der Waals surface area contributed by atoms with Gasteiger partial charge in [0, 0.05) is 9.90 Å². The minimum Gasteiger partial charge on any atom is -0.495 e. The van der Waals surface area contributed by atoms with Gasteiger partial charge in [-0.15, -0.1) is 16.4 Å². The molecule has 0 unspecified atom stereocenters. The number of methoxy groups -OCH3 is 1. The van der Waals surface area contributed by atoms with Crippen LogP contribution in [-0.2, 0) is 24.2 Å². The molecular formula is C22H25ClN4O3S. The van der Waals surface area contributed by atoms with Crippen LogP contribution in [0, 0.1) is 11.3 Å². The molecule has 31 heavy (non-hydrogen) atoms. The summed E-state index contributed by atoms with van der Waals surface area (Å²) < 4.78 is 6.37. The van der Waals surface area contributed by atoms with E-state index in [-0.39, 0.29) is 17.5 Å². The number of fused-ring (bicyclic) bond motifs is 3. The first-order valence-electron chi connectivity index (χ1n) is 10.2. The Morgan fingerprint density at radius 3 is 2.87 bits per heavy atom. The van der Waals surface area contributed by atoms with E-state index >= 15 is 0 Å². The van der Waals surface area contributed by atoms with E-state index in [0.717, 1.165) is 29.5 Å². The average molecular weight is 461 g/mol. The second kappa shape index (κ2) is 8.24. The first-order valence-corrected chi connectivity index (χ1v) is 11.4. The molecule has 0 radical (unpaired) electrons. The number of carbonyl (C=O) groups excluding carboxylic acids is 1. The predicted octanol–water partition coefficient (Wildman–Crippen LogP) is 4.30. The van der Waals surface area contributed by atoms with Gasteiger partial charge < -0.3 is 10.1 Å². The van der Waals surface area contributed by atoms with Crippen LogP contribution in [0.1, 0.15) is 37.6 Å². The fourth-order valence-corrected chi connectivity index (χ4v) is 5.48. The van der Waals surface area contributed by atoms with Crippen molar-refractivity contribution in [1.82, 2.24) is 15.0 Å². The number of thiophene rings is 1. The molecule has 1 aromatic carbocycles. The highest BCUT2D eigenvalue weighted by atomic mass is 35.5. The Balaban J connectivity index is 1.60. The van der Waals surface area contributed by atoms with Gasteiger partial charge in [-0.3, -0.25) is 9.59 Å². The molecule has 1 amide bonds. The number of hydrogen-bond donors (Lipinski definition) is 1. The van der Waals surface area contributed by atoms with Gasteiger partial charge in [0.25, 0.3) is 5.56 Å². The van der Waals surface area contributed by atoms with Crippen LogP contribution in [0.5, 0.6) is 5.75 Å². The zero-order chi connectivity index (χ0) is 22.3. The number of aryl methyl sites for hydroxylation is 1.